The van der Waals surface area contributed by atoms with E-state index in [1.165, 1.54) is 25.7 Å². The van der Waals surface area contributed by atoms with Gasteiger partial charge in [-0.2, -0.15) is 0 Å². The highest BCUT2D eigenvalue weighted by molar-refractivity contribution is 5.79. The van der Waals surface area contributed by atoms with Crippen LogP contribution in [-0.4, -0.2) is 37.0 Å². The second kappa shape index (κ2) is 8.13. The summed E-state index contributed by atoms with van der Waals surface area (Å²) in [7, 11) is 0. The maximum atomic E-state index is 12.3. The van der Waals surface area contributed by atoms with Crippen LogP contribution in [0.25, 0.3) is 0 Å². The van der Waals surface area contributed by atoms with E-state index in [1.807, 2.05) is 0 Å². The van der Waals surface area contributed by atoms with E-state index in [9.17, 15) is 9.59 Å². The van der Waals surface area contributed by atoms with Crippen LogP contribution in [0, 0.1) is 11.8 Å². The van der Waals surface area contributed by atoms with Gasteiger partial charge < -0.3 is 16.0 Å². The molecule has 1 heterocycles. The first-order valence-corrected chi connectivity index (χ1v) is 9.51. The zero-order valence-corrected chi connectivity index (χ0v) is 14.1. The lowest BCUT2D eigenvalue weighted by atomic mass is 9.85. The maximum absolute atomic E-state index is 12.3. The van der Waals surface area contributed by atoms with Crippen LogP contribution in [0.4, 0.5) is 0 Å². The topological polar surface area (TPSA) is 70.2 Å². The summed E-state index contributed by atoms with van der Waals surface area (Å²) >= 11 is 0. The van der Waals surface area contributed by atoms with Crippen molar-refractivity contribution in [1.29, 1.82) is 0 Å². The summed E-state index contributed by atoms with van der Waals surface area (Å²) in [6, 6.07) is 0.590. The van der Waals surface area contributed by atoms with Crippen molar-refractivity contribution in [2.45, 2.75) is 76.3 Å². The molecule has 1 aliphatic heterocycles. The van der Waals surface area contributed by atoms with Gasteiger partial charge >= 0.3 is 0 Å². The molecule has 3 aliphatic rings. The van der Waals surface area contributed by atoms with E-state index in [-0.39, 0.29) is 23.8 Å². The Morgan fingerprint density at radius 3 is 2.26 bits per heavy atom. The zero-order valence-electron chi connectivity index (χ0n) is 14.1. The molecule has 1 unspecified atom stereocenters. The Kier molecular flexibility index (Phi) is 5.92. The average Bonchev–Trinajstić information content (AvgIpc) is 3.21. The van der Waals surface area contributed by atoms with E-state index in [0.29, 0.717) is 18.4 Å². The molecule has 2 amide bonds. The summed E-state index contributed by atoms with van der Waals surface area (Å²) in [5, 5.41) is 9.64. The highest BCUT2D eigenvalue weighted by atomic mass is 16.2. The SMILES string of the molecule is O=C(CC1CCCC1)NC1CCC(C(=O)NC2CCNC2)CC1. The lowest BCUT2D eigenvalue weighted by Crippen LogP contribution is -2.44. The van der Waals surface area contributed by atoms with Gasteiger partial charge in [-0.25, -0.2) is 0 Å². The standard InChI is InChI=1S/C18H31N3O2/c22-17(11-13-3-1-2-4-13)20-15-7-5-14(6-8-15)18(23)21-16-9-10-19-12-16/h13-16,19H,1-12H2,(H,20,22)(H,21,23). The van der Waals surface area contributed by atoms with Crippen molar-refractivity contribution >= 4 is 11.8 Å². The molecule has 3 rings (SSSR count). The summed E-state index contributed by atoms with van der Waals surface area (Å²) < 4.78 is 0. The normalized spacial score (nSPS) is 31.9. The minimum absolute atomic E-state index is 0.138. The van der Waals surface area contributed by atoms with Crippen molar-refractivity contribution in [1.82, 2.24) is 16.0 Å². The smallest absolute Gasteiger partial charge is 0.223 e. The highest BCUT2D eigenvalue weighted by Crippen LogP contribution is 2.28. The van der Waals surface area contributed by atoms with Crippen LogP contribution in [0.1, 0.15) is 64.2 Å². The van der Waals surface area contributed by atoms with Crippen LogP contribution in [0.5, 0.6) is 0 Å². The average molecular weight is 321 g/mol. The summed E-state index contributed by atoms with van der Waals surface area (Å²) in [5.41, 5.74) is 0. The minimum Gasteiger partial charge on any atom is -0.353 e. The van der Waals surface area contributed by atoms with Gasteiger partial charge in [0.05, 0.1) is 0 Å². The van der Waals surface area contributed by atoms with Gasteiger partial charge in [0, 0.05) is 31.0 Å². The molecular formula is C18H31N3O2. The Hall–Kier alpha value is -1.10. The number of hydrogen-bond acceptors (Lipinski definition) is 3. The number of hydrogen-bond donors (Lipinski definition) is 3. The van der Waals surface area contributed by atoms with E-state index >= 15 is 0 Å². The molecule has 2 aliphatic carbocycles. The van der Waals surface area contributed by atoms with Crippen LogP contribution >= 0.6 is 0 Å². The fourth-order valence-electron chi connectivity index (χ4n) is 4.36. The maximum Gasteiger partial charge on any atom is 0.223 e. The molecule has 5 heteroatoms. The Morgan fingerprint density at radius 1 is 0.870 bits per heavy atom. The summed E-state index contributed by atoms with van der Waals surface area (Å²) in [6.45, 7) is 1.91. The van der Waals surface area contributed by atoms with Gasteiger partial charge in [-0.05, 0) is 57.4 Å². The summed E-state index contributed by atoms with van der Waals surface area (Å²) in [4.78, 5) is 24.4. The van der Waals surface area contributed by atoms with Crippen molar-refractivity contribution in [3.05, 3.63) is 0 Å². The molecule has 0 aromatic rings. The van der Waals surface area contributed by atoms with Gasteiger partial charge in [0.1, 0.15) is 0 Å². The third-order valence-corrected chi connectivity index (χ3v) is 5.82. The quantitative estimate of drug-likeness (QED) is 0.722. The van der Waals surface area contributed by atoms with E-state index in [2.05, 4.69) is 16.0 Å². The van der Waals surface area contributed by atoms with Crippen LogP contribution in [0.3, 0.4) is 0 Å². The molecule has 3 fully saturated rings. The van der Waals surface area contributed by atoms with Crippen LogP contribution < -0.4 is 16.0 Å². The van der Waals surface area contributed by atoms with Crippen molar-refractivity contribution < 1.29 is 9.59 Å². The monoisotopic (exact) mass is 321 g/mol. The predicted octanol–water partition coefficient (Wildman–Crippen LogP) is 1.72. The van der Waals surface area contributed by atoms with Crippen molar-refractivity contribution in [3.63, 3.8) is 0 Å². The third-order valence-electron chi connectivity index (χ3n) is 5.82. The molecule has 0 bridgehead atoms. The van der Waals surface area contributed by atoms with Gasteiger partial charge in [0.15, 0.2) is 0 Å². The number of nitrogens with one attached hydrogen (secondary N) is 3. The predicted molar refractivity (Wildman–Crippen MR) is 89.9 cm³/mol. The molecule has 1 saturated heterocycles. The molecule has 3 N–H and O–H groups in total. The van der Waals surface area contributed by atoms with Gasteiger partial charge in [-0.3, -0.25) is 9.59 Å². The van der Waals surface area contributed by atoms with Crippen LogP contribution in [0.15, 0.2) is 0 Å². The Balaban J connectivity index is 1.34. The molecule has 2 saturated carbocycles. The third kappa shape index (κ3) is 4.93. The van der Waals surface area contributed by atoms with Gasteiger partial charge in [0.2, 0.25) is 11.8 Å². The Morgan fingerprint density at radius 2 is 1.61 bits per heavy atom. The molecule has 0 aromatic carbocycles. The molecule has 130 valence electrons. The highest BCUT2D eigenvalue weighted by Gasteiger charge is 2.29. The van der Waals surface area contributed by atoms with Crippen molar-refractivity contribution in [3.8, 4) is 0 Å². The first kappa shape index (κ1) is 16.7. The first-order chi connectivity index (χ1) is 11.2. The van der Waals surface area contributed by atoms with Gasteiger partial charge in [-0.1, -0.05) is 12.8 Å². The first-order valence-electron chi connectivity index (χ1n) is 9.51. The second-order valence-electron chi connectivity index (χ2n) is 7.67. The summed E-state index contributed by atoms with van der Waals surface area (Å²) in [5.74, 6) is 1.19. The Labute approximate surface area is 139 Å². The van der Waals surface area contributed by atoms with E-state index < -0.39 is 0 Å². The van der Waals surface area contributed by atoms with Gasteiger partial charge in [-0.15, -0.1) is 0 Å². The fourth-order valence-corrected chi connectivity index (χ4v) is 4.36. The molecule has 0 aromatic heterocycles. The number of carbonyl (C=O) groups is 2. The fraction of sp³-hybridized carbons (Fsp3) is 0.889. The lowest BCUT2D eigenvalue weighted by molar-refractivity contribution is -0.126. The van der Waals surface area contributed by atoms with E-state index in [1.54, 1.807) is 0 Å². The number of carbonyl (C=O) groups excluding carboxylic acids is 2. The number of amides is 2. The van der Waals surface area contributed by atoms with E-state index in [4.69, 9.17) is 0 Å². The summed E-state index contributed by atoms with van der Waals surface area (Å²) in [6.07, 6.45) is 10.4. The molecule has 5 nitrogen and oxygen atoms in total. The van der Waals surface area contributed by atoms with Crippen molar-refractivity contribution in [2.24, 2.45) is 11.8 Å². The minimum atomic E-state index is 0.138. The van der Waals surface area contributed by atoms with E-state index in [0.717, 1.165) is 45.2 Å². The lowest BCUT2D eigenvalue weighted by Gasteiger charge is -2.29. The van der Waals surface area contributed by atoms with Crippen LogP contribution in [0.2, 0.25) is 0 Å². The number of rotatable bonds is 5. The molecule has 1 atom stereocenters. The van der Waals surface area contributed by atoms with Crippen LogP contribution in [-0.2, 0) is 9.59 Å². The van der Waals surface area contributed by atoms with Crippen molar-refractivity contribution in [2.75, 3.05) is 13.1 Å². The molecular weight excluding hydrogens is 290 g/mol. The zero-order chi connectivity index (χ0) is 16.1. The van der Waals surface area contributed by atoms with Gasteiger partial charge in [0.25, 0.3) is 0 Å². The second-order valence-corrected chi connectivity index (χ2v) is 7.67. The molecule has 23 heavy (non-hydrogen) atoms. The Bertz CT molecular complexity index is 406. The molecule has 0 radical (unpaired) electrons. The largest absolute Gasteiger partial charge is 0.353 e. The molecule has 0 spiro atoms.